The summed E-state index contributed by atoms with van der Waals surface area (Å²) in [6.07, 6.45) is 1.76. The Kier molecular flexibility index (Phi) is 5.94. The number of carbonyl (C=O) groups excluding carboxylic acids is 1. The SMILES string of the molecule is Cc1cccnc1-c1c(C)ccnc1C(=O)N1C[C@@H]2CC[C@H]1[C@H](Oc1ccc(C(F)(F)F)cn1)C2. The number of nitrogens with zero attached hydrogens (tertiary/aromatic N) is 4. The molecule has 3 aliphatic rings. The Morgan fingerprint density at radius 3 is 2.54 bits per heavy atom. The molecule has 0 spiro atoms. The van der Waals surface area contributed by atoms with Gasteiger partial charge in [-0.3, -0.25) is 14.8 Å². The van der Waals surface area contributed by atoms with Gasteiger partial charge in [-0.1, -0.05) is 6.07 Å². The zero-order valence-corrected chi connectivity index (χ0v) is 19.4. The van der Waals surface area contributed by atoms with Crippen LogP contribution in [0.3, 0.4) is 0 Å². The quantitative estimate of drug-likeness (QED) is 0.508. The summed E-state index contributed by atoms with van der Waals surface area (Å²) >= 11 is 0. The molecule has 1 saturated carbocycles. The van der Waals surface area contributed by atoms with E-state index in [-0.39, 0.29) is 29.9 Å². The normalized spacial score (nSPS) is 21.7. The number of piperidine rings is 2. The van der Waals surface area contributed by atoms with Crippen LogP contribution in [0, 0.1) is 19.8 Å². The second-order valence-electron chi connectivity index (χ2n) is 9.26. The summed E-state index contributed by atoms with van der Waals surface area (Å²) in [6.45, 7) is 4.49. The van der Waals surface area contributed by atoms with E-state index in [9.17, 15) is 18.0 Å². The predicted octanol–water partition coefficient (Wildman–Crippen LogP) is 5.25. The van der Waals surface area contributed by atoms with Gasteiger partial charge in [0.1, 0.15) is 11.8 Å². The van der Waals surface area contributed by atoms with Crippen LogP contribution in [0.5, 0.6) is 5.88 Å². The van der Waals surface area contributed by atoms with Gasteiger partial charge in [0.25, 0.3) is 5.91 Å². The second kappa shape index (κ2) is 8.94. The van der Waals surface area contributed by atoms with Gasteiger partial charge in [0.15, 0.2) is 0 Å². The molecule has 0 aromatic carbocycles. The number of amides is 1. The molecule has 0 N–H and O–H groups in total. The highest BCUT2D eigenvalue weighted by atomic mass is 19.4. The fraction of sp³-hybridized carbons (Fsp3) is 0.385. The lowest BCUT2D eigenvalue weighted by molar-refractivity contribution is -0.137. The largest absolute Gasteiger partial charge is 0.472 e. The number of hydrogen-bond donors (Lipinski definition) is 0. The monoisotopic (exact) mass is 482 g/mol. The zero-order valence-electron chi connectivity index (χ0n) is 19.4. The zero-order chi connectivity index (χ0) is 24.7. The van der Waals surface area contributed by atoms with Gasteiger partial charge in [0.05, 0.1) is 17.3 Å². The number of pyridine rings is 3. The van der Waals surface area contributed by atoms with E-state index in [4.69, 9.17) is 4.74 Å². The van der Waals surface area contributed by atoms with Crippen molar-refractivity contribution >= 4 is 5.91 Å². The maximum Gasteiger partial charge on any atom is 0.417 e. The Morgan fingerprint density at radius 1 is 1.03 bits per heavy atom. The highest BCUT2D eigenvalue weighted by Gasteiger charge is 2.45. The summed E-state index contributed by atoms with van der Waals surface area (Å²) < 4.78 is 44.7. The van der Waals surface area contributed by atoms with Crippen molar-refractivity contribution in [1.29, 1.82) is 0 Å². The maximum absolute atomic E-state index is 13.8. The minimum absolute atomic E-state index is 0.126. The van der Waals surface area contributed by atoms with Gasteiger partial charge in [-0.15, -0.1) is 0 Å². The molecule has 6 nitrogen and oxygen atoms in total. The highest BCUT2D eigenvalue weighted by molar-refractivity contribution is 6.00. The second-order valence-corrected chi connectivity index (χ2v) is 9.26. The molecule has 3 fully saturated rings. The lowest BCUT2D eigenvalue weighted by Gasteiger charge is -2.49. The van der Waals surface area contributed by atoms with Crippen LogP contribution < -0.4 is 4.74 Å². The van der Waals surface area contributed by atoms with E-state index >= 15 is 0 Å². The van der Waals surface area contributed by atoms with Crippen LogP contribution in [-0.2, 0) is 6.18 Å². The third kappa shape index (κ3) is 4.47. The molecule has 182 valence electrons. The van der Waals surface area contributed by atoms with E-state index in [1.807, 2.05) is 36.9 Å². The number of halogens is 3. The number of fused-ring (bicyclic) bond motifs is 3. The van der Waals surface area contributed by atoms with Gasteiger partial charge in [-0.25, -0.2) is 4.98 Å². The molecular formula is C26H25F3N4O2. The van der Waals surface area contributed by atoms with Crippen LogP contribution in [-0.4, -0.2) is 44.4 Å². The molecule has 1 amide bonds. The van der Waals surface area contributed by atoms with Crippen molar-refractivity contribution in [2.45, 2.75) is 51.4 Å². The van der Waals surface area contributed by atoms with E-state index in [1.54, 1.807) is 12.4 Å². The lowest BCUT2D eigenvalue weighted by Crippen LogP contribution is -2.59. The number of alkyl halides is 3. The lowest BCUT2D eigenvalue weighted by atomic mass is 9.77. The van der Waals surface area contributed by atoms with Gasteiger partial charge in [-0.2, -0.15) is 13.2 Å². The average Bonchev–Trinajstić information content (AvgIpc) is 2.84. The summed E-state index contributed by atoms with van der Waals surface area (Å²) in [5.74, 6) is 0.187. The first-order chi connectivity index (χ1) is 16.7. The minimum atomic E-state index is -4.46. The molecule has 1 aliphatic carbocycles. The van der Waals surface area contributed by atoms with E-state index in [1.165, 1.54) is 6.07 Å². The number of rotatable bonds is 4. The summed E-state index contributed by atoms with van der Waals surface area (Å²) in [7, 11) is 0. The molecule has 3 atom stereocenters. The summed E-state index contributed by atoms with van der Waals surface area (Å²) in [5, 5.41) is 0. The Morgan fingerprint density at radius 2 is 1.86 bits per heavy atom. The van der Waals surface area contributed by atoms with E-state index in [0.29, 0.717) is 12.2 Å². The number of ether oxygens (including phenoxy) is 1. The highest BCUT2D eigenvalue weighted by Crippen LogP contribution is 2.39. The fourth-order valence-corrected chi connectivity index (χ4v) is 5.17. The summed E-state index contributed by atoms with van der Waals surface area (Å²) in [6, 6.07) is 7.66. The Bertz CT molecular complexity index is 1250. The third-order valence-electron chi connectivity index (χ3n) is 6.93. The number of hydrogen-bond acceptors (Lipinski definition) is 5. The van der Waals surface area contributed by atoms with Crippen LogP contribution in [0.2, 0.25) is 0 Å². The maximum atomic E-state index is 13.8. The number of aromatic nitrogens is 3. The van der Waals surface area contributed by atoms with Crippen molar-refractivity contribution < 1.29 is 22.7 Å². The van der Waals surface area contributed by atoms with E-state index < -0.39 is 11.7 Å². The topological polar surface area (TPSA) is 68.2 Å². The van der Waals surface area contributed by atoms with Gasteiger partial charge < -0.3 is 9.64 Å². The van der Waals surface area contributed by atoms with Crippen LogP contribution in [0.4, 0.5) is 13.2 Å². The van der Waals surface area contributed by atoms with Gasteiger partial charge in [0, 0.05) is 36.8 Å². The average molecular weight is 483 g/mol. The Balaban J connectivity index is 1.42. The molecule has 2 aliphatic heterocycles. The molecule has 3 aromatic heterocycles. The number of aryl methyl sites for hydroxylation is 2. The summed E-state index contributed by atoms with van der Waals surface area (Å²) in [5.41, 5.74) is 2.84. The predicted molar refractivity (Wildman–Crippen MR) is 123 cm³/mol. The van der Waals surface area contributed by atoms with Crippen LogP contribution in [0.15, 0.2) is 48.9 Å². The first kappa shape index (κ1) is 23.3. The van der Waals surface area contributed by atoms with Gasteiger partial charge in [0.2, 0.25) is 5.88 Å². The van der Waals surface area contributed by atoms with Crippen LogP contribution in [0.25, 0.3) is 11.3 Å². The van der Waals surface area contributed by atoms with Crippen LogP contribution >= 0.6 is 0 Å². The molecule has 3 aromatic rings. The smallest absolute Gasteiger partial charge is 0.417 e. The van der Waals surface area contributed by atoms with Gasteiger partial charge >= 0.3 is 6.18 Å². The Hall–Kier alpha value is -3.49. The van der Waals surface area contributed by atoms with Crippen molar-refractivity contribution in [3.8, 4) is 17.1 Å². The van der Waals surface area contributed by atoms with Crippen molar-refractivity contribution in [2.24, 2.45) is 5.92 Å². The molecule has 5 heterocycles. The van der Waals surface area contributed by atoms with E-state index in [2.05, 4.69) is 15.0 Å². The molecule has 0 radical (unpaired) electrons. The molecule has 6 rings (SSSR count). The van der Waals surface area contributed by atoms with Crippen molar-refractivity contribution in [1.82, 2.24) is 19.9 Å². The molecule has 2 bridgehead atoms. The van der Waals surface area contributed by atoms with Gasteiger partial charge in [-0.05, 0) is 68.4 Å². The third-order valence-corrected chi connectivity index (χ3v) is 6.93. The van der Waals surface area contributed by atoms with Crippen molar-refractivity contribution in [3.05, 3.63) is 71.3 Å². The van der Waals surface area contributed by atoms with E-state index in [0.717, 1.165) is 53.9 Å². The van der Waals surface area contributed by atoms with Crippen LogP contribution in [0.1, 0.15) is 46.4 Å². The molecule has 2 saturated heterocycles. The Labute approximate surface area is 201 Å². The standard InChI is InChI=1S/C26H25F3N4O2/c1-15-9-11-31-24(22(15)23-16(2)4-3-10-30-23)25(34)33-14-17-5-7-19(33)20(12-17)35-21-8-6-18(13-32-21)26(27,28)29/h3-4,6,8-11,13,17,19-20H,5,7,12,14H2,1-2H3/t17-,19+,20-/m1/s1. The number of carbonyl (C=O) groups is 1. The molecule has 9 heteroatoms. The minimum Gasteiger partial charge on any atom is -0.472 e. The summed E-state index contributed by atoms with van der Waals surface area (Å²) in [4.78, 5) is 28.5. The first-order valence-corrected chi connectivity index (χ1v) is 11.6. The fourth-order valence-electron chi connectivity index (χ4n) is 5.17. The molecular weight excluding hydrogens is 457 g/mol. The van der Waals surface area contributed by atoms with Crippen molar-refractivity contribution in [2.75, 3.05) is 6.54 Å². The van der Waals surface area contributed by atoms with Crippen molar-refractivity contribution in [3.63, 3.8) is 0 Å². The molecule has 35 heavy (non-hydrogen) atoms. The first-order valence-electron chi connectivity index (χ1n) is 11.6. The molecule has 0 unspecified atom stereocenters.